The molecule has 7 heteroatoms. The Hall–Kier alpha value is -2.41. The van der Waals surface area contributed by atoms with Crippen molar-refractivity contribution in [2.24, 2.45) is 0 Å². The van der Waals surface area contributed by atoms with Crippen LogP contribution in [-0.2, 0) is 25.7 Å². The van der Waals surface area contributed by atoms with Crippen molar-refractivity contribution < 1.29 is 19.1 Å². The number of aryl methyl sites for hydroxylation is 1. The van der Waals surface area contributed by atoms with E-state index in [4.69, 9.17) is 4.74 Å². The van der Waals surface area contributed by atoms with Gasteiger partial charge in [0.05, 0.1) is 13.2 Å². The fourth-order valence-corrected chi connectivity index (χ4v) is 3.09. The van der Waals surface area contributed by atoms with E-state index < -0.39 is 11.8 Å². The third kappa shape index (κ3) is 3.99. The first-order valence-electron chi connectivity index (χ1n) is 8.54. The molecule has 0 aromatic heterocycles. The molecule has 0 N–H and O–H groups in total. The summed E-state index contributed by atoms with van der Waals surface area (Å²) < 4.78 is 5.22. The number of amides is 3. The molecule has 25 heavy (non-hydrogen) atoms. The minimum absolute atomic E-state index is 0.0389. The van der Waals surface area contributed by atoms with Gasteiger partial charge in [-0.25, -0.2) is 0 Å². The molecule has 1 aromatic rings. The number of morpholine rings is 1. The van der Waals surface area contributed by atoms with E-state index in [1.54, 1.807) is 9.80 Å². The Morgan fingerprint density at radius 2 is 1.64 bits per heavy atom. The standard InChI is InChI=1S/C18H23N3O4/c1-14-4-2-3-5-15(14)12-20-6-7-21(18(24)17(20)23)13-16(22)19-8-10-25-11-9-19/h2-5H,6-13H2,1H3. The first-order chi connectivity index (χ1) is 12.1. The van der Waals surface area contributed by atoms with Crippen molar-refractivity contribution in [1.29, 1.82) is 0 Å². The van der Waals surface area contributed by atoms with Crippen molar-refractivity contribution in [3.63, 3.8) is 0 Å². The quantitative estimate of drug-likeness (QED) is 0.722. The van der Waals surface area contributed by atoms with Gasteiger partial charge in [0.2, 0.25) is 5.91 Å². The lowest BCUT2D eigenvalue weighted by Gasteiger charge is -2.35. The van der Waals surface area contributed by atoms with Gasteiger partial charge in [0.15, 0.2) is 0 Å². The highest BCUT2D eigenvalue weighted by Gasteiger charge is 2.34. The van der Waals surface area contributed by atoms with Gasteiger partial charge in [0.25, 0.3) is 0 Å². The van der Waals surface area contributed by atoms with Crippen LogP contribution in [0.2, 0.25) is 0 Å². The Morgan fingerprint density at radius 1 is 1.00 bits per heavy atom. The van der Waals surface area contributed by atoms with E-state index in [0.717, 1.165) is 11.1 Å². The second-order valence-electron chi connectivity index (χ2n) is 6.37. The number of benzene rings is 1. The number of nitrogens with zero attached hydrogens (tertiary/aromatic N) is 3. The molecule has 2 aliphatic heterocycles. The topological polar surface area (TPSA) is 70.2 Å². The van der Waals surface area contributed by atoms with Crippen molar-refractivity contribution >= 4 is 17.7 Å². The second-order valence-corrected chi connectivity index (χ2v) is 6.37. The largest absolute Gasteiger partial charge is 0.378 e. The van der Waals surface area contributed by atoms with Crippen LogP contribution in [-0.4, -0.2) is 78.4 Å². The molecule has 3 rings (SSSR count). The highest BCUT2D eigenvalue weighted by molar-refractivity contribution is 6.35. The number of piperazine rings is 1. The van der Waals surface area contributed by atoms with E-state index in [1.165, 1.54) is 4.90 Å². The van der Waals surface area contributed by atoms with Crippen LogP contribution in [0.1, 0.15) is 11.1 Å². The lowest BCUT2D eigenvalue weighted by Crippen LogP contribution is -2.56. The molecule has 0 atom stereocenters. The Morgan fingerprint density at radius 3 is 2.36 bits per heavy atom. The first kappa shape index (κ1) is 17.4. The third-order valence-corrected chi connectivity index (χ3v) is 4.71. The van der Waals surface area contributed by atoms with Gasteiger partial charge in [-0.15, -0.1) is 0 Å². The number of rotatable bonds is 4. The Bertz CT molecular complexity index is 670. The summed E-state index contributed by atoms with van der Waals surface area (Å²) >= 11 is 0. The summed E-state index contributed by atoms with van der Waals surface area (Å²) in [7, 11) is 0. The first-order valence-corrected chi connectivity index (χ1v) is 8.54. The zero-order chi connectivity index (χ0) is 17.8. The van der Waals surface area contributed by atoms with Crippen molar-refractivity contribution in [3.05, 3.63) is 35.4 Å². The SMILES string of the molecule is Cc1ccccc1CN1CCN(CC(=O)N2CCOCC2)C(=O)C1=O. The van der Waals surface area contributed by atoms with Gasteiger partial charge >= 0.3 is 11.8 Å². The van der Waals surface area contributed by atoms with E-state index in [0.29, 0.717) is 45.9 Å². The summed E-state index contributed by atoms with van der Waals surface area (Å²) in [5.41, 5.74) is 2.12. The van der Waals surface area contributed by atoms with E-state index in [2.05, 4.69) is 0 Å². The van der Waals surface area contributed by atoms with Crippen molar-refractivity contribution in [3.8, 4) is 0 Å². The van der Waals surface area contributed by atoms with Crippen LogP contribution < -0.4 is 0 Å². The van der Waals surface area contributed by atoms with Crippen LogP contribution in [0, 0.1) is 6.92 Å². The lowest BCUT2D eigenvalue weighted by molar-refractivity contribution is -0.158. The number of hydrogen-bond acceptors (Lipinski definition) is 4. The van der Waals surface area contributed by atoms with Gasteiger partial charge < -0.3 is 19.4 Å². The monoisotopic (exact) mass is 345 g/mol. The molecule has 0 bridgehead atoms. The molecule has 7 nitrogen and oxygen atoms in total. The van der Waals surface area contributed by atoms with Crippen LogP contribution in [0.5, 0.6) is 0 Å². The summed E-state index contributed by atoms with van der Waals surface area (Å²) in [5.74, 6) is -1.26. The van der Waals surface area contributed by atoms with Gasteiger partial charge in [-0.1, -0.05) is 24.3 Å². The molecule has 1 aromatic carbocycles. The lowest BCUT2D eigenvalue weighted by atomic mass is 10.1. The zero-order valence-corrected chi connectivity index (χ0v) is 14.4. The van der Waals surface area contributed by atoms with Gasteiger partial charge in [-0.05, 0) is 18.1 Å². The van der Waals surface area contributed by atoms with E-state index in [1.807, 2.05) is 31.2 Å². The van der Waals surface area contributed by atoms with E-state index in [9.17, 15) is 14.4 Å². The maximum Gasteiger partial charge on any atom is 0.312 e. The number of carbonyl (C=O) groups is 3. The Kier molecular flexibility index (Phi) is 5.33. The summed E-state index contributed by atoms with van der Waals surface area (Å²) in [6.45, 7) is 5.29. The molecule has 2 aliphatic rings. The van der Waals surface area contributed by atoms with Crippen LogP contribution in [0.3, 0.4) is 0 Å². The van der Waals surface area contributed by atoms with Crippen LogP contribution in [0.15, 0.2) is 24.3 Å². The predicted octanol–water partition coefficient (Wildman–Crippen LogP) is 0.0246. The summed E-state index contributed by atoms with van der Waals surface area (Å²) in [6, 6.07) is 7.81. The second kappa shape index (κ2) is 7.65. The summed E-state index contributed by atoms with van der Waals surface area (Å²) in [5, 5.41) is 0. The zero-order valence-electron chi connectivity index (χ0n) is 14.4. The van der Waals surface area contributed by atoms with Crippen molar-refractivity contribution in [1.82, 2.24) is 14.7 Å². The van der Waals surface area contributed by atoms with E-state index >= 15 is 0 Å². The molecule has 3 amide bonds. The predicted molar refractivity (Wildman–Crippen MR) is 90.6 cm³/mol. The minimum atomic E-state index is -0.596. The highest BCUT2D eigenvalue weighted by Crippen LogP contribution is 2.14. The summed E-state index contributed by atoms with van der Waals surface area (Å²) in [6.07, 6.45) is 0. The molecular formula is C18H23N3O4. The minimum Gasteiger partial charge on any atom is -0.378 e. The molecule has 2 fully saturated rings. The molecule has 0 radical (unpaired) electrons. The maximum atomic E-state index is 12.4. The number of carbonyl (C=O) groups excluding carboxylic acids is 3. The fraction of sp³-hybridized carbons (Fsp3) is 0.500. The van der Waals surface area contributed by atoms with Crippen LogP contribution in [0.4, 0.5) is 0 Å². The van der Waals surface area contributed by atoms with Crippen LogP contribution in [0.25, 0.3) is 0 Å². The van der Waals surface area contributed by atoms with E-state index in [-0.39, 0.29) is 12.5 Å². The van der Waals surface area contributed by atoms with Gasteiger partial charge in [-0.3, -0.25) is 14.4 Å². The highest BCUT2D eigenvalue weighted by atomic mass is 16.5. The summed E-state index contributed by atoms with van der Waals surface area (Å²) in [4.78, 5) is 41.6. The van der Waals surface area contributed by atoms with Crippen LogP contribution >= 0.6 is 0 Å². The average molecular weight is 345 g/mol. The molecule has 0 aliphatic carbocycles. The van der Waals surface area contributed by atoms with Crippen molar-refractivity contribution in [2.75, 3.05) is 45.9 Å². The van der Waals surface area contributed by atoms with Crippen molar-refractivity contribution in [2.45, 2.75) is 13.5 Å². The molecule has 0 unspecified atom stereocenters. The third-order valence-electron chi connectivity index (χ3n) is 4.71. The smallest absolute Gasteiger partial charge is 0.312 e. The fourth-order valence-electron chi connectivity index (χ4n) is 3.09. The van der Waals surface area contributed by atoms with Gasteiger partial charge in [-0.2, -0.15) is 0 Å². The molecule has 0 spiro atoms. The molecule has 0 saturated carbocycles. The molecule has 134 valence electrons. The molecule has 2 heterocycles. The molecule has 2 saturated heterocycles. The Balaban J connectivity index is 1.58. The maximum absolute atomic E-state index is 12.4. The van der Waals surface area contributed by atoms with Gasteiger partial charge in [0.1, 0.15) is 6.54 Å². The molecular weight excluding hydrogens is 322 g/mol. The number of ether oxygens (including phenoxy) is 1. The Labute approximate surface area is 147 Å². The normalized spacial score (nSPS) is 18.7. The average Bonchev–Trinajstić information content (AvgIpc) is 2.63. The number of hydrogen-bond donors (Lipinski definition) is 0. The van der Waals surface area contributed by atoms with Gasteiger partial charge in [0, 0.05) is 32.7 Å².